The normalized spacial score (nSPS) is 21.4. The Morgan fingerprint density at radius 1 is 1.41 bits per heavy atom. The van der Waals surface area contributed by atoms with Gasteiger partial charge in [-0.15, -0.1) is 0 Å². The fourth-order valence-electron chi connectivity index (χ4n) is 1.73. The van der Waals surface area contributed by atoms with Crippen molar-refractivity contribution in [2.75, 3.05) is 17.7 Å². The second-order valence-corrected chi connectivity index (χ2v) is 5.77. The van der Waals surface area contributed by atoms with Gasteiger partial charge in [0.15, 0.2) is 9.84 Å². The highest BCUT2D eigenvalue weighted by atomic mass is 32.2. The molecule has 1 N–H and O–H groups in total. The first-order valence-corrected chi connectivity index (χ1v) is 7.21. The molecule has 0 radical (unpaired) electrons. The second-order valence-electron chi connectivity index (χ2n) is 3.84. The van der Waals surface area contributed by atoms with Crippen LogP contribution < -0.4 is 10.1 Å². The average Bonchev–Trinajstić information content (AvgIpc) is 2.61. The molecule has 0 fully saturated rings. The van der Waals surface area contributed by atoms with Crippen LogP contribution in [0.15, 0.2) is 35.7 Å². The van der Waals surface area contributed by atoms with E-state index >= 15 is 0 Å². The molecule has 1 aromatic carbocycles. The predicted molar refractivity (Wildman–Crippen MR) is 67.9 cm³/mol. The highest BCUT2D eigenvalue weighted by molar-refractivity contribution is 7.94. The summed E-state index contributed by atoms with van der Waals surface area (Å²) in [4.78, 5) is 0. The molecule has 17 heavy (non-hydrogen) atoms. The van der Waals surface area contributed by atoms with E-state index in [0.29, 0.717) is 6.61 Å². The first-order valence-electron chi connectivity index (χ1n) is 5.50. The van der Waals surface area contributed by atoms with E-state index in [4.69, 9.17) is 4.74 Å². The summed E-state index contributed by atoms with van der Waals surface area (Å²) >= 11 is 0. The van der Waals surface area contributed by atoms with Crippen LogP contribution in [0, 0.1) is 0 Å². The van der Waals surface area contributed by atoms with Gasteiger partial charge >= 0.3 is 0 Å². The number of rotatable bonds is 4. The van der Waals surface area contributed by atoms with Crippen LogP contribution in [0.25, 0.3) is 0 Å². The maximum Gasteiger partial charge on any atom is 0.173 e. The minimum atomic E-state index is -3.02. The number of para-hydroxylation sites is 2. The number of benzene rings is 1. The van der Waals surface area contributed by atoms with Crippen LogP contribution in [0.5, 0.6) is 5.75 Å². The minimum Gasteiger partial charge on any atom is -0.492 e. The van der Waals surface area contributed by atoms with Gasteiger partial charge in [0.05, 0.1) is 24.1 Å². The molecule has 1 atom stereocenters. The quantitative estimate of drug-likeness (QED) is 0.889. The summed E-state index contributed by atoms with van der Waals surface area (Å²) in [6, 6.07) is 7.33. The molecular weight excluding hydrogens is 238 g/mol. The molecule has 0 saturated heterocycles. The van der Waals surface area contributed by atoms with E-state index in [1.807, 2.05) is 31.2 Å². The lowest BCUT2D eigenvalue weighted by Crippen LogP contribution is -2.21. The third-order valence-corrected chi connectivity index (χ3v) is 3.85. The van der Waals surface area contributed by atoms with Gasteiger partial charge in [0.1, 0.15) is 5.75 Å². The lowest BCUT2D eigenvalue weighted by Gasteiger charge is -2.15. The van der Waals surface area contributed by atoms with Gasteiger partial charge in [0, 0.05) is 5.41 Å². The standard InChI is InChI=1S/C12H15NO3S/c1-2-16-12-6-4-3-5-11(12)13-10-7-8-17(14,15)9-10/h3-8,10,13H,2,9H2,1H3/t10-/m1/s1. The fourth-order valence-corrected chi connectivity index (χ4v) is 2.97. The zero-order chi connectivity index (χ0) is 12.3. The smallest absolute Gasteiger partial charge is 0.173 e. The molecule has 0 unspecified atom stereocenters. The lowest BCUT2D eigenvalue weighted by atomic mass is 10.2. The molecule has 0 saturated carbocycles. The Bertz CT molecular complexity index is 522. The van der Waals surface area contributed by atoms with Gasteiger partial charge in [0.25, 0.3) is 0 Å². The van der Waals surface area contributed by atoms with Crippen molar-refractivity contribution in [3.05, 3.63) is 35.7 Å². The predicted octanol–water partition coefficient (Wildman–Crippen LogP) is 1.81. The summed E-state index contributed by atoms with van der Waals surface area (Å²) in [6.07, 6.45) is 1.66. The molecule has 92 valence electrons. The van der Waals surface area contributed by atoms with Crippen molar-refractivity contribution in [1.29, 1.82) is 0 Å². The summed E-state index contributed by atoms with van der Waals surface area (Å²) in [6.45, 7) is 2.49. The van der Waals surface area contributed by atoms with E-state index in [0.717, 1.165) is 11.4 Å². The Morgan fingerprint density at radius 2 is 2.18 bits per heavy atom. The van der Waals surface area contributed by atoms with Gasteiger partial charge in [-0.2, -0.15) is 0 Å². The van der Waals surface area contributed by atoms with E-state index in [-0.39, 0.29) is 11.8 Å². The molecular formula is C12H15NO3S. The number of hydrogen-bond donors (Lipinski definition) is 1. The third kappa shape index (κ3) is 3.00. The minimum absolute atomic E-state index is 0.105. The van der Waals surface area contributed by atoms with Crippen LogP contribution in [-0.2, 0) is 9.84 Å². The molecule has 0 amide bonds. The Morgan fingerprint density at radius 3 is 2.82 bits per heavy atom. The van der Waals surface area contributed by atoms with Gasteiger partial charge in [-0.05, 0) is 19.1 Å². The van der Waals surface area contributed by atoms with Crippen LogP contribution in [0.2, 0.25) is 0 Å². The van der Waals surface area contributed by atoms with E-state index in [2.05, 4.69) is 5.32 Å². The average molecular weight is 253 g/mol. The van der Waals surface area contributed by atoms with Gasteiger partial charge in [0.2, 0.25) is 0 Å². The topological polar surface area (TPSA) is 55.4 Å². The van der Waals surface area contributed by atoms with Crippen LogP contribution in [0.1, 0.15) is 6.92 Å². The maximum atomic E-state index is 11.3. The summed E-state index contributed by atoms with van der Waals surface area (Å²) in [5, 5.41) is 4.42. The highest BCUT2D eigenvalue weighted by Gasteiger charge is 2.22. The van der Waals surface area contributed by atoms with Crippen molar-refractivity contribution in [3.8, 4) is 5.75 Å². The third-order valence-electron chi connectivity index (χ3n) is 2.46. The molecule has 0 aliphatic carbocycles. The van der Waals surface area contributed by atoms with Gasteiger partial charge < -0.3 is 10.1 Å². The number of hydrogen-bond acceptors (Lipinski definition) is 4. The lowest BCUT2D eigenvalue weighted by molar-refractivity contribution is 0.341. The molecule has 2 rings (SSSR count). The summed E-state index contributed by atoms with van der Waals surface area (Å²) < 4.78 is 28.0. The monoisotopic (exact) mass is 253 g/mol. The van der Waals surface area contributed by atoms with Gasteiger partial charge in [-0.25, -0.2) is 8.42 Å². The van der Waals surface area contributed by atoms with Crippen molar-refractivity contribution in [3.63, 3.8) is 0 Å². The summed E-state index contributed by atoms with van der Waals surface area (Å²) in [5.74, 6) is 0.848. The number of sulfone groups is 1. The molecule has 0 bridgehead atoms. The highest BCUT2D eigenvalue weighted by Crippen LogP contribution is 2.25. The summed E-state index contributed by atoms with van der Waals surface area (Å²) in [7, 11) is -3.02. The molecule has 5 heteroatoms. The van der Waals surface area contributed by atoms with E-state index in [9.17, 15) is 8.42 Å². The van der Waals surface area contributed by atoms with Crippen LogP contribution in [-0.4, -0.2) is 26.8 Å². The zero-order valence-corrected chi connectivity index (χ0v) is 10.4. The van der Waals surface area contributed by atoms with E-state index in [1.54, 1.807) is 6.08 Å². The van der Waals surface area contributed by atoms with Crippen molar-refractivity contribution >= 4 is 15.5 Å². The number of ether oxygens (including phenoxy) is 1. The summed E-state index contributed by atoms with van der Waals surface area (Å²) in [5.41, 5.74) is 0.820. The Kier molecular flexibility index (Phi) is 3.38. The fraction of sp³-hybridized carbons (Fsp3) is 0.333. The molecule has 1 aliphatic rings. The van der Waals surface area contributed by atoms with Crippen molar-refractivity contribution in [1.82, 2.24) is 0 Å². The van der Waals surface area contributed by atoms with E-state index in [1.165, 1.54) is 5.41 Å². The molecule has 1 aliphatic heterocycles. The second kappa shape index (κ2) is 4.79. The number of nitrogens with one attached hydrogen (secondary N) is 1. The van der Waals surface area contributed by atoms with Crippen LogP contribution in [0.3, 0.4) is 0 Å². The van der Waals surface area contributed by atoms with Crippen molar-refractivity contribution in [2.45, 2.75) is 13.0 Å². The Balaban J connectivity index is 2.12. The number of anilines is 1. The largest absolute Gasteiger partial charge is 0.492 e. The SMILES string of the molecule is CCOc1ccccc1N[C@@H]1C=CS(=O)(=O)C1. The van der Waals surface area contributed by atoms with E-state index < -0.39 is 9.84 Å². The zero-order valence-electron chi connectivity index (χ0n) is 9.59. The molecule has 4 nitrogen and oxygen atoms in total. The van der Waals surface area contributed by atoms with Crippen LogP contribution in [0.4, 0.5) is 5.69 Å². The van der Waals surface area contributed by atoms with Crippen LogP contribution >= 0.6 is 0 Å². The molecule has 0 aromatic heterocycles. The molecule has 0 spiro atoms. The first-order chi connectivity index (χ1) is 8.11. The van der Waals surface area contributed by atoms with Crippen molar-refractivity contribution < 1.29 is 13.2 Å². The van der Waals surface area contributed by atoms with Gasteiger partial charge in [-0.1, -0.05) is 18.2 Å². The Labute approximate surface area is 101 Å². The van der Waals surface area contributed by atoms with Gasteiger partial charge in [-0.3, -0.25) is 0 Å². The molecule has 1 aromatic rings. The molecule has 1 heterocycles. The first kappa shape index (κ1) is 12.0. The Hall–Kier alpha value is -1.49. The maximum absolute atomic E-state index is 11.3. The van der Waals surface area contributed by atoms with Crippen molar-refractivity contribution in [2.24, 2.45) is 0 Å².